The monoisotopic (exact) mass is 402 g/mol. The molecule has 0 spiro atoms. The quantitative estimate of drug-likeness (QED) is 0.622. The van der Waals surface area contributed by atoms with Crippen LogP contribution in [-0.4, -0.2) is 39.0 Å². The van der Waals surface area contributed by atoms with E-state index in [-0.39, 0.29) is 18.4 Å². The van der Waals surface area contributed by atoms with Crippen LogP contribution in [0.5, 0.6) is 0 Å². The molecule has 1 saturated heterocycles. The van der Waals surface area contributed by atoms with Gasteiger partial charge in [0, 0.05) is 5.56 Å². The summed E-state index contributed by atoms with van der Waals surface area (Å²) in [6.07, 6.45) is 0. The molecule has 2 amide bonds. The van der Waals surface area contributed by atoms with E-state index in [0.29, 0.717) is 17.4 Å². The molecule has 0 saturated carbocycles. The molecular weight excluding hydrogens is 384 g/mol. The van der Waals surface area contributed by atoms with E-state index < -0.39 is 12.1 Å². The van der Waals surface area contributed by atoms with Gasteiger partial charge in [0.15, 0.2) is 12.1 Å². The minimum absolute atomic E-state index is 0.0875. The van der Waals surface area contributed by atoms with Gasteiger partial charge in [-0.05, 0) is 32.0 Å². The third-order valence-corrected chi connectivity index (χ3v) is 5.19. The van der Waals surface area contributed by atoms with Crippen LogP contribution in [0.25, 0.3) is 11.4 Å². The molecular formula is C21H18N6O3. The van der Waals surface area contributed by atoms with Gasteiger partial charge in [-0.1, -0.05) is 51.8 Å². The maximum atomic E-state index is 13.0. The Kier molecular flexibility index (Phi) is 4.16. The summed E-state index contributed by atoms with van der Waals surface area (Å²) in [7, 11) is 0. The minimum atomic E-state index is -0.863. The standard InChI is InChI=1S/C21H18N6O3/c1-12-6-8-15(9-7-12)27-20(28)17-18(21(27)29)26(25-23-17)11-16-22-19(24-30-16)14-5-3-4-13(2)10-14/h3-10,17-18H,11H2,1-2H3. The molecule has 0 radical (unpaired) electrons. The van der Waals surface area contributed by atoms with Crippen molar-refractivity contribution in [2.45, 2.75) is 32.5 Å². The Labute approximate surface area is 172 Å². The number of nitrogens with zero attached hydrogens (tertiary/aromatic N) is 6. The van der Waals surface area contributed by atoms with Crippen molar-refractivity contribution in [1.82, 2.24) is 15.1 Å². The molecule has 0 bridgehead atoms. The zero-order chi connectivity index (χ0) is 20.8. The van der Waals surface area contributed by atoms with Crippen LogP contribution in [-0.2, 0) is 16.1 Å². The predicted octanol–water partition coefficient (Wildman–Crippen LogP) is 2.85. The number of benzene rings is 2. The van der Waals surface area contributed by atoms with Crippen LogP contribution in [0.1, 0.15) is 17.0 Å². The molecule has 9 heteroatoms. The third-order valence-electron chi connectivity index (χ3n) is 5.19. The molecule has 1 fully saturated rings. The Balaban J connectivity index is 1.36. The lowest BCUT2D eigenvalue weighted by atomic mass is 10.1. The van der Waals surface area contributed by atoms with Crippen molar-refractivity contribution in [3.63, 3.8) is 0 Å². The zero-order valence-corrected chi connectivity index (χ0v) is 16.4. The Hall–Kier alpha value is -3.88. The van der Waals surface area contributed by atoms with Crippen molar-refractivity contribution >= 4 is 17.5 Å². The number of rotatable bonds is 4. The Morgan fingerprint density at radius 1 is 1.00 bits per heavy atom. The van der Waals surface area contributed by atoms with Gasteiger partial charge in [-0.2, -0.15) is 10.1 Å². The van der Waals surface area contributed by atoms with Crippen molar-refractivity contribution in [3.8, 4) is 11.4 Å². The summed E-state index contributed by atoms with van der Waals surface area (Å²) in [4.78, 5) is 31.4. The van der Waals surface area contributed by atoms with E-state index in [0.717, 1.165) is 16.7 Å². The maximum Gasteiger partial charge on any atom is 0.263 e. The molecule has 3 aromatic rings. The van der Waals surface area contributed by atoms with Crippen molar-refractivity contribution < 1.29 is 14.1 Å². The third kappa shape index (κ3) is 2.95. The zero-order valence-electron chi connectivity index (χ0n) is 16.4. The highest BCUT2D eigenvalue weighted by Gasteiger charge is 2.55. The largest absolute Gasteiger partial charge is 0.337 e. The normalized spacial score (nSPS) is 20.3. The summed E-state index contributed by atoms with van der Waals surface area (Å²) < 4.78 is 5.34. The second kappa shape index (κ2) is 6.87. The summed E-state index contributed by atoms with van der Waals surface area (Å²) in [6.45, 7) is 4.01. The van der Waals surface area contributed by atoms with Gasteiger partial charge >= 0.3 is 0 Å². The van der Waals surface area contributed by atoms with Crippen LogP contribution >= 0.6 is 0 Å². The Morgan fingerprint density at radius 3 is 2.57 bits per heavy atom. The Bertz CT molecular complexity index is 1170. The van der Waals surface area contributed by atoms with Gasteiger partial charge in [0.1, 0.15) is 6.54 Å². The van der Waals surface area contributed by atoms with Gasteiger partial charge in [0.25, 0.3) is 11.8 Å². The predicted molar refractivity (Wildman–Crippen MR) is 106 cm³/mol. The number of aromatic nitrogens is 2. The average Bonchev–Trinajstić information content (AvgIpc) is 3.42. The lowest BCUT2D eigenvalue weighted by molar-refractivity contribution is -0.123. The van der Waals surface area contributed by atoms with Crippen LogP contribution < -0.4 is 4.90 Å². The van der Waals surface area contributed by atoms with E-state index in [4.69, 9.17) is 4.52 Å². The second-order valence-electron chi connectivity index (χ2n) is 7.42. The maximum absolute atomic E-state index is 13.0. The van der Waals surface area contributed by atoms with Crippen molar-refractivity contribution in [2.75, 3.05) is 4.90 Å². The molecule has 2 aliphatic heterocycles. The van der Waals surface area contributed by atoms with E-state index in [9.17, 15) is 9.59 Å². The van der Waals surface area contributed by atoms with E-state index in [1.807, 2.05) is 50.2 Å². The van der Waals surface area contributed by atoms with Crippen LogP contribution in [0.4, 0.5) is 5.69 Å². The van der Waals surface area contributed by atoms with Crippen LogP contribution in [0.3, 0.4) is 0 Å². The summed E-state index contributed by atoms with van der Waals surface area (Å²) in [5.41, 5.74) is 3.49. The highest BCUT2D eigenvalue weighted by Crippen LogP contribution is 2.32. The summed E-state index contributed by atoms with van der Waals surface area (Å²) in [6, 6.07) is 13.3. The molecule has 2 unspecified atom stereocenters. The first kappa shape index (κ1) is 18.2. The van der Waals surface area contributed by atoms with Crippen molar-refractivity contribution in [1.29, 1.82) is 0 Å². The molecule has 30 heavy (non-hydrogen) atoms. The van der Waals surface area contributed by atoms with Crippen LogP contribution in [0.2, 0.25) is 0 Å². The highest BCUT2D eigenvalue weighted by atomic mass is 16.5. The molecule has 0 N–H and O–H groups in total. The van der Waals surface area contributed by atoms with Crippen LogP contribution in [0.15, 0.2) is 63.4 Å². The fourth-order valence-corrected chi connectivity index (χ4v) is 3.66. The molecule has 2 aliphatic rings. The van der Waals surface area contributed by atoms with Crippen LogP contribution in [0, 0.1) is 13.8 Å². The van der Waals surface area contributed by atoms with Gasteiger partial charge in [-0.15, -0.1) is 0 Å². The fourth-order valence-electron chi connectivity index (χ4n) is 3.66. The molecule has 5 rings (SSSR count). The molecule has 2 atom stereocenters. The molecule has 3 heterocycles. The average molecular weight is 402 g/mol. The number of carbonyl (C=O) groups is 2. The van der Waals surface area contributed by atoms with E-state index >= 15 is 0 Å². The SMILES string of the molecule is Cc1ccc(N2C(=O)C3N=NN(Cc4nc(-c5cccc(C)c5)no4)C3C2=O)cc1. The minimum Gasteiger partial charge on any atom is -0.337 e. The molecule has 150 valence electrons. The number of carbonyl (C=O) groups excluding carboxylic acids is 2. The van der Waals surface area contributed by atoms with Gasteiger partial charge in [-0.25, -0.2) is 4.90 Å². The first-order valence-electron chi connectivity index (χ1n) is 9.53. The van der Waals surface area contributed by atoms with E-state index in [1.54, 1.807) is 12.1 Å². The highest BCUT2D eigenvalue weighted by molar-refractivity contribution is 6.25. The molecule has 9 nitrogen and oxygen atoms in total. The molecule has 0 aliphatic carbocycles. The summed E-state index contributed by atoms with van der Waals surface area (Å²) in [5, 5.41) is 13.5. The van der Waals surface area contributed by atoms with E-state index in [2.05, 4.69) is 20.5 Å². The van der Waals surface area contributed by atoms with Crippen molar-refractivity contribution in [3.05, 3.63) is 65.5 Å². The first-order valence-corrected chi connectivity index (χ1v) is 9.53. The number of anilines is 1. The second-order valence-corrected chi connectivity index (χ2v) is 7.42. The van der Waals surface area contributed by atoms with E-state index in [1.165, 1.54) is 9.91 Å². The Morgan fingerprint density at radius 2 is 1.80 bits per heavy atom. The van der Waals surface area contributed by atoms with Crippen molar-refractivity contribution in [2.24, 2.45) is 10.3 Å². The van der Waals surface area contributed by atoms with Gasteiger partial charge in [0.05, 0.1) is 5.69 Å². The topological polar surface area (TPSA) is 104 Å². The first-order chi connectivity index (χ1) is 14.5. The lowest BCUT2D eigenvalue weighted by Crippen LogP contribution is -2.39. The number of hydrogen-bond acceptors (Lipinski definition) is 8. The number of aryl methyl sites for hydroxylation is 2. The molecule has 1 aromatic heterocycles. The van der Waals surface area contributed by atoms with Gasteiger partial charge in [-0.3, -0.25) is 14.6 Å². The van der Waals surface area contributed by atoms with Gasteiger partial charge in [0.2, 0.25) is 11.7 Å². The lowest BCUT2D eigenvalue weighted by Gasteiger charge is -2.19. The number of fused-ring (bicyclic) bond motifs is 1. The smallest absolute Gasteiger partial charge is 0.263 e. The van der Waals surface area contributed by atoms with Gasteiger partial charge < -0.3 is 4.52 Å². The number of imide groups is 1. The number of hydrogen-bond donors (Lipinski definition) is 0. The molecule has 2 aromatic carbocycles. The fraction of sp³-hybridized carbons (Fsp3) is 0.238. The summed E-state index contributed by atoms with van der Waals surface area (Å²) in [5.74, 6) is -0.00000794. The summed E-state index contributed by atoms with van der Waals surface area (Å²) >= 11 is 0. The number of amides is 2.